The molecule has 0 aromatic heterocycles. The lowest BCUT2D eigenvalue weighted by Crippen LogP contribution is -2.26. The van der Waals surface area contributed by atoms with E-state index < -0.39 is 10.0 Å². The Bertz CT molecular complexity index is 879. The molecule has 0 spiro atoms. The van der Waals surface area contributed by atoms with E-state index in [0.29, 0.717) is 18.5 Å². The van der Waals surface area contributed by atoms with Crippen LogP contribution in [0.4, 0.5) is 10.1 Å². The number of amides is 1. The SMILES string of the molecule is CC(=O)N1CCc2cc(S(=O)(=O)NCc3ccc(F)cc3)ccc21. The van der Waals surface area contributed by atoms with Crippen LogP contribution in [0.15, 0.2) is 47.4 Å². The van der Waals surface area contributed by atoms with Crippen LogP contribution in [-0.4, -0.2) is 20.9 Å². The molecule has 5 nitrogen and oxygen atoms in total. The van der Waals surface area contributed by atoms with Gasteiger partial charge in [0.25, 0.3) is 0 Å². The average Bonchev–Trinajstić information content (AvgIpc) is 2.97. The number of carbonyl (C=O) groups is 1. The molecular weight excluding hydrogens is 331 g/mol. The molecule has 1 amide bonds. The van der Waals surface area contributed by atoms with Gasteiger partial charge in [-0.2, -0.15) is 0 Å². The molecule has 0 aliphatic carbocycles. The summed E-state index contributed by atoms with van der Waals surface area (Å²) in [7, 11) is -3.68. The van der Waals surface area contributed by atoms with Crippen LogP contribution in [0, 0.1) is 5.82 Å². The van der Waals surface area contributed by atoms with Crippen molar-refractivity contribution in [3.05, 3.63) is 59.4 Å². The van der Waals surface area contributed by atoms with E-state index in [1.807, 2.05) is 0 Å². The van der Waals surface area contributed by atoms with Crippen LogP contribution in [0.3, 0.4) is 0 Å². The summed E-state index contributed by atoms with van der Waals surface area (Å²) in [5.41, 5.74) is 2.28. The summed E-state index contributed by atoms with van der Waals surface area (Å²) in [5.74, 6) is -0.422. The third-order valence-corrected chi connectivity index (χ3v) is 5.42. The minimum Gasteiger partial charge on any atom is -0.312 e. The summed E-state index contributed by atoms with van der Waals surface area (Å²) in [4.78, 5) is 13.3. The number of anilines is 1. The van der Waals surface area contributed by atoms with Crippen LogP contribution in [-0.2, 0) is 27.8 Å². The molecule has 1 heterocycles. The van der Waals surface area contributed by atoms with Gasteiger partial charge in [0, 0.05) is 25.7 Å². The van der Waals surface area contributed by atoms with Crippen LogP contribution in [0.25, 0.3) is 0 Å². The molecule has 2 aromatic rings. The van der Waals surface area contributed by atoms with Crippen LogP contribution >= 0.6 is 0 Å². The van der Waals surface area contributed by atoms with Gasteiger partial charge in [-0.25, -0.2) is 17.5 Å². The highest BCUT2D eigenvalue weighted by atomic mass is 32.2. The molecule has 126 valence electrons. The summed E-state index contributed by atoms with van der Waals surface area (Å²) in [6, 6.07) is 10.4. The molecule has 0 atom stereocenters. The van der Waals surface area contributed by atoms with Crippen molar-refractivity contribution >= 4 is 21.6 Å². The molecule has 0 fully saturated rings. The van der Waals surface area contributed by atoms with Crippen molar-refractivity contribution in [1.29, 1.82) is 0 Å². The molecule has 3 rings (SSSR count). The van der Waals surface area contributed by atoms with Gasteiger partial charge in [-0.1, -0.05) is 12.1 Å². The van der Waals surface area contributed by atoms with Gasteiger partial charge in [0.05, 0.1) is 4.90 Å². The van der Waals surface area contributed by atoms with E-state index >= 15 is 0 Å². The fraction of sp³-hybridized carbons (Fsp3) is 0.235. The van der Waals surface area contributed by atoms with Crippen LogP contribution in [0.1, 0.15) is 18.1 Å². The van der Waals surface area contributed by atoms with E-state index in [-0.39, 0.29) is 23.2 Å². The number of rotatable bonds is 4. The van der Waals surface area contributed by atoms with Gasteiger partial charge < -0.3 is 4.90 Å². The maximum Gasteiger partial charge on any atom is 0.240 e. The first-order chi connectivity index (χ1) is 11.4. The highest BCUT2D eigenvalue weighted by Gasteiger charge is 2.24. The van der Waals surface area contributed by atoms with Gasteiger partial charge in [-0.3, -0.25) is 4.79 Å². The summed E-state index contributed by atoms with van der Waals surface area (Å²) < 4.78 is 40.2. The molecule has 0 radical (unpaired) electrons. The molecule has 7 heteroatoms. The fourth-order valence-corrected chi connectivity index (χ4v) is 3.80. The Balaban J connectivity index is 1.78. The number of nitrogens with one attached hydrogen (secondary N) is 1. The Morgan fingerprint density at radius 1 is 1.21 bits per heavy atom. The second-order valence-corrected chi connectivity index (χ2v) is 7.43. The van der Waals surface area contributed by atoms with Crippen LogP contribution in [0.5, 0.6) is 0 Å². The highest BCUT2D eigenvalue weighted by molar-refractivity contribution is 7.89. The van der Waals surface area contributed by atoms with E-state index in [4.69, 9.17) is 0 Å². The first kappa shape index (κ1) is 16.6. The maximum atomic E-state index is 12.9. The Hall–Kier alpha value is -2.25. The van der Waals surface area contributed by atoms with Gasteiger partial charge in [0.1, 0.15) is 5.82 Å². The number of carbonyl (C=O) groups excluding carboxylic acids is 1. The monoisotopic (exact) mass is 348 g/mol. The summed E-state index contributed by atoms with van der Waals surface area (Å²) >= 11 is 0. The van der Waals surface area contributed by atoms with Crippen molar-refractivity contribution in [2.75, 3.05) is 11.4 Å². The zero-order chi connectivity index (χ0) is 17.3. The molecule has 0 saturated carbocycles. The molecule has 0 bridgehead atoms. The topological polar surface area (TPSA) is 66.5 Å². The van der Waals surface area contributed by atoms with Crippen molar-refractivity contribution < 1.29 is 17.6 Å². The lowest BCUT2D eigenvalue weighted by molar-refractivity contribution is -0.116. The predicted octanol–water partition coefficient (Wildman–Crippen LogP) is 2.21. The zero-order valence-electron chi connectivity index (χ0n) is 13.1. The van der Waals surface area contributed by atoms with Gasteiger partial charge >= 0.3 is 0 Å². The molecule has 0 unspecified atom stereocenters. The summed E-state index contributed by atoms with van der Waals surface area (Å²) in [6.07, 6.45) is 0.635. The van der Waals surface area contributed by atoms with Crippen molar-refractivity contribution in [2.24, 2.45) is 0 Å². The number of fused-ring (bicyclic) bond motifs is 1. The smallest absolute Gasteiger partial charge is 0.240 e. The van der Waals surface area contributed by atoms with Crippen molar-refractivity contribution in [3.8, 4) is 0 Å². The zero-order valence-corrected chi connectivity index (χ0v) is 13.9. The van der Waals surface area contributed by atoms with E-state index in [0.717, 1.165) is 11.3 Å². The van der Waals surface area contributed by atoms with Crippen molar-refractivity contribution in [1.82, 2.24) is 4.72 Å². The largest absolute Gasteiger partial charge is 0.312 e. The molecule has 1 aliphatic rings. The third-order valence-electron chi connectivity index (χ3n) is 4.02. The average molecular weight is 348 g/mol. The highest BCUT2D eigenvalue weighted by Crippen LogP contribution is 2.30. The van der Waals surface area contributed by atoms with Gasteiger partial charge in [0.2, 0.25) is 15.9 Å². The van der Waals surface area contributed by atoms with E-state index in [1.54, 1.807) is 17.0 Å². The maximum absolute atomic E-state index is 12.9. The molecule has 2 aromatic carbocycles. The van der Waals surface area contributed by atoms with Crippen LogP contribution in [0.2, 0.25) is 0 Å². The first-order valence-electron chi connectivity index (χ1n) is 7.52. The number of nitrogens with zero attached hydrogens (tertiary/aromatic N) is 1. The normalized spacial score (nSPS) is 13.8. The molecule has 1 N–H and O–H groups in total. The number of hydrogen-bond acceptors (Lipinski definition) is 3. The first-order valence-corrected chi connectivity index (χ1v) is 9.00. The standard InChI is InChI=1S/C17H17FN2O3S/c1-12(21)20-9-8-14-10-16(6-7-17(14)20)24(22,23)19-11-13-2-4-15(18)5-3-13/h2-7,10,19H,8-9,11H2,1H3. The van der Waals surface area contributed by atoms with Gasteiger partial charge in [-0.15, -0.1) is 0 Å². The minimum absolute atomic E-state index is 0.0567. The number of halogens is 1. The number of sulfonamides is 1. The van der Waals surface area contributed by atoms with Crippen molar-refractivity contribution in [3.63, 3.8) is 0 Å². The van der Waals surface area contributed by atoms with Gasteiger partial charge in [-0.05, 0) is 47.9 Å². The Morgan fingerprint density at radius 3 is 2.58 bits per heavy atom. The lowest BCUT2D eigenvalue weighted by Gasteiger charge is -2.15. The number of benzene rings is 2. The molecule has 1 aliphatic heterocycles. The molecule has 24 heavy (non-hydrogen) atoms. The van der Waals surface area contributed by atoms with Gasteiger partial charge in [0.15, 0.2) is 0 Å². The summed E-state index contributed by atoms with van der Waals surface area (Å²) in [6.45, 7) is 2.14. The Kier molecular flexibility index (Phi) is 4.38. The quantitative estimate of drug-likeness (QED) is 0.921. The lowest BCUT2D eigenvalue weighted by atomic mass is 10.2. The summed E-state index contributed by atoms with van der Waals surface area (Å²) in [5, 5.41) is 0. The Labute approximate surface area is 140 Å². The second-order valence-electron chi connectivity index (χ2n) is 5.66. The molecule has 0 saturated heterocycles. The second kappa shape index (κ2) is 6.33. The minimum atomic E-state index is -3.68. The molecular formula is C17H17FN2O3S. The third kappa shape index (κ3) is 3.32. The van der Waals surface area contributed by atoms with Crippen molar-refractivity contribution in [2.45, 2.75) is 24.8 Å². The predicted molar refractivity (Wildman–Crippen MR) is 88.6 cm³/mol. The van der Waals surface area contributed by atoms with E-state index in [2.05, 4.69) is 4.72 Å². The van der Waals surface area contributed by atoms with E-state index in [1.165, 1.54) is 37.3 Å². The fourth-order valence-electron chi connectivity index (χ4n) is 2.74. The van der Waals surface area contributed by atoms with E-state index in [9.17, 15) is 17.6 Å². The number of hydrogen-bond donors (Lipinski definition) is 1. The van der Waals surface area contributed by atoms with Crippen LogP contribution < -0.4 is 9.62 Å². The Morgan fingerprint density at radius 2 is 1.92 bits per heavy atom.